The van der Waals surface area contributed by atoms with Gasteiger partial charge in [0.1, 0.15) is 5.75 Å². The van der Waals surface area contributed by atoms with Crippen molar-refractivity contribution in [2.75, 3.05) is 7.11 Å². The average Bonchev–Trinajstić information content (AvgIpc) is 2.41. The third-order valence-electron chi connectivity index (χ3n) is 4.19. The maximum absolute atomic E-state index is 5.20. The van der Waals surface area contributed by atoms with Gasteiger partial charge < -0.3 is 10.1 Å². The zero-order valence-corrected chi connectivity index (χ0v) is 11.8. The number of hydrogen-bond donors (Lipinski definition) is 1. The van der Waals surface area contributed by atoms with Crippen molar-refractivity contribution in [3.8, 4) is 5.75 Å². The molecule has 0 aromatic heterocycles. The van der Waals surface area contributed by atoms with Gasteiger partial charge in [-0.25, -0.2) is 0 Å². The van der Waals surface area contributed by atoms with Crippen LogP contribution in [0.25, 0.3) is 0 Å². The summed E-state index contributed by atoms with van der Waals surface area (Å²) in [5, 5.41) is 3.78. The van der Waals surface area contributed by atoms with Crippen LogP contribution in [0.3, 0.4) is 0 Å². The Hall–Kier alpha value is -1.02. The van der Waals surface area contributed by atoms with Gasteiger partial charge in [0.2, 0.25) is 0 Å². The van der Waals surface area contributed by atoms with E-state index in [1.54, 1.807) is 7.11 Å². The summed E-state index contributed by atoms with van der Waals surface area (Å²) >= 11 is 0. The lowest BCUT2D eigenvalue weighted by Gasteiger charge is -2.32. The summed E-state index contributed by atoms with van der Waals surface area (Å²) in [6, 6.07) is 9.49. The van der Waals surface area contributed by atoms with Gasteiger partial charge in [-0.1, -0.05) is 31.9 Å². The molecule has 1 aliphatic rings. The molecule has 0 aliphatic heterocycles. The second kappa shape index (κ2) is 6.24. The lowest BCUT2D eigenvalue weighted by atomic mass is 9.85. The van der Waals surface area contributed by atoms with Crippen LogP contribution in [0, 0.1) is 5.92 Å². The second-order valence-electron chi connectivity index (χ2n) is 5.53. The van der Waals surface area contributed by atoms with Crippen LogP contribution in [-0.4, -0.2) is 13.2 Å². The molecule has 2 heteroatoms. The predicted octanol–water partition coefficient (Wildman–Crippen LogP) is 3.92. The molecule has 0 radical (unpaired) electrons. The van der Waals surface area contributed by atoms with E-state index in [0.717, 1.165) is 11.7 Å². The SMILES string of the molecule is COc1ccc(C(C)NC2CCCCC2C)cc1. The van der Waals surface area contributed by atoms with Crippen LogP contribution in [0.15, 0.2) is 24.3 Å². The van der Waals surface area contributed by atoms with Crippen LogP contribution in [0.4, 0.5) is 0 Å². The number of methoxy groups -OCH3 is 1. The third-order valence-corrected chi connectivity index (χ3v) is 4.19. The van der Waals surface area contributed by atoms with Gasteiger partial charge >= 0.3 is 0 Å². The summed E-state index contributed by atoms with van der Waals surface area (Å²) in [5.41, 5.74) is 1.34. The highest BCUT2D eigenvalue weighted by Crippen LogP contribution is 2.26. The minimum atomic E-state index is 0.418. The number of hydrogen-bond acceptors (Lipinski definition) is 2. The van der Waals surface area contributed by atoms with Gasteiger partial charge in [0.15, 0.2) is 0 Å². The molecule has 1 aromatic rings. The van der Waals surface area contributed by atoms with Crippen LogP contribution in [0.5, 0.6) is 5.75 Å². The van der Waals surface area contributed by atoms with Gasteiger partial charge in [0.25, 0.3) is 0 Å². The quantitative estimate of drug-likeness (QED) is 0.870. The van der Waals surface area contributed by atoms with Crippen LogP contribution in [0.2, 0.25) is 0 Å². The molecule has 1 saturated carbocycles. The maximum Gasteiger partial charge on any atom is 0.118 e. The number of ether oxygens (including phenoxy) is 1. The Labute approximate surface area is 111 Å². The molecule has 0 amide bonds. The minimum Gasteiger partial charge on any atom is -0.497 e. The number of rotatable bonds is 4. The van der Waals surface area contributed by atoms with Crippen LogP contribution in [0.1, 0.15) is 51.1 Å². The molecule has 0 bridgehead atoms. The highest BCUT2D eigenvalue weighted by atomic mass is 16.5. The molecule has 0 saturated heterocycles. The summed E-state index contributed by atoms with van der Waals surface area (Å²) in [7, 11) is 1.71. The average molecular weight is 247 g/mol. The summed E-state index contributed by atoms with van der Waals surface area (Å²) in [6.45, 7) is 4.63. The van der Waals surface area contributed by atoms with Gasteiger partial charge in [-0.15, -0.1) is 0 Å². The van der Waals surface area contributed by atoms with Crippen molar-refractivity contribution in [3.63, 3.8) is 0 Å². The normalized spacial score (nSPS) is 25.7. The summed E-state index contributed by atoms with van der Waals surface area (Å²) < 4.78 is 5.20. The zero-order chi connectivity index (χ0) is 13.0. The van der Waals surface area contributed by atoms with E-state index in [1.807, 2.05) is 12.1 Å². The Bertz CT molecular complexity index is 360. The minimum absolute atomic E-state index is 0.418. The smallest absolute Gasteiger partial charge is 0.118 e. The monoisotopic (exact) mass is 247 g/mol. The lowest BCUT2D eigenvalue weighted by Crippen LogP contribution is -2.38. The van der Waals surface area contributed by atoms with Crippen LogP contribution in [-0.2, 0) is 0 Å². The second-order valence-corrected chi connectivity index (χ2v) is 5.53. The first-order valence-electron chi connectivity index (χ1n) is 7.10. The molecular weight excluding hydrogens is 222 g/mol. The van der Waals surface area contributed by atoms with Crippen molar-refractivity contribution in [2.24, 2.45) is 5.92 Å². The summed E-state index contributed by atoms with van der Waals surface area (Å²) in [5.74, 6) is 1.73. The van der Waals surface area contributed by atoms with E-state index in [2.05, 4.69) is 31.3 Å². The van der Waals surface area contributed by atoms with Crippen molar-refractivity contribution < 1.29 is 4.74 Å². The Morgan fingerprint density at radius 1 is 1.17 bits per heavy atom. The molecule has 1 aliphatic carbocycles. The molecule has 1 fully saturated rings. The fraction of sp³-hybridized carbons (Fsp3) is 0.625. The maximum atomic E-state index is 5.20. The molecule has 3 unspecified atom stereocenters. The summed E-state index contributed by atoms with van der Waals surface area (Å²) in [6.07, 6.45) is 5.46. The van der Waals surface area contributed by atoms with Crippen molar-refractivity contribution in [1.82, 2.24) is 5.32 Å². The van der Waals surface area contributed by atoms with E-state index in [4.69, 9.17) is 4.74 Å². The molecule has 1 N–H and O–H groups in total. The molecular formula is C16H25NO. The highest BCUT2D eigenvalue weighted by Gasteiger charge is 2.22. The predicted molar refractivity (Wildman–Crippen MR) is 76.0 cm³/mol. The first-order valence-corrected chi connectivity index (χ1v) is 7.10. The van der Waals surface area contributed by atoms with Crippen LogP contribution >= 0.6 is 0 Å². The molecule has 0 spiro atoms. The lowest BCUT2D eigenvalue weighted by molar-refractivity contribution is 0.263. The Balaban J connectivity index is 1.95. The molecule has 0 heterocycles. The fourth-order valence-electron chi connectivity index (χ4n) is 2.87. The van der Waals surface area contributed by atoms with E-state index < -0.39 is 0 Å². The fourth-order valence-corrected chi connectivity index (χ4v) is 2.87. The zero-order valence-electron chi connectivity index (χ0n) is 11.8. The number of benzene rings is 1. The van der Waals surface area contributed by atoms with Crippen molar-refractivity contribution in [1.29, 1.82) is 0 Å². The van der Waals surface area contributed by atoms with Gasteiger partial charge in [0.05, 0.1) is 7.11 Å². The van der Waals surface area contributed by atoms with E-state index in [0.29, 0.717) is 12.1 Å². The molecule has 100 valence electrons. The number of nitrogens with one attached hydrogen (secondary N) is 1. The van der Waals surface area contributed by atoms with Gasteiger partial charge in [-0.2, -0.15) is 0 Å². The van der Waals surface area contributed by atoms with Crippen LogP contribution < -0.4 is 10.1 Å². The third kappa shape index (κ3) is 3.26. The van der Waals surface area contributed by atoms with Gasteiger partial charge in [-0.05, 0) is 43.4 Å². The molecule has 1 aromatic carbocycles. The molecule has 2 nitrogen and oxygen atoms in total. The Kier molecular flexibility index (Phi) is 4.65. The van der Waals surface area contributed by atoms with Gasteiger partial charge in [-0.3, -0.25) is 0 Å². The van der Waals surface area contributed by atoms with E-state index in [1.165, 1.54) is 31.2 Å². The first-order chi connectivity index (χ1) is 8.70. The molecule has 18 heavy (non-hydrogen) atoms. The van der Waals surface area contributed by atoms with Gasteiger partial charge in [0, 0.05) is 12.1 Å². The molecule has 3 atom stereocenters. The largest absolute Gasteiger partial charge is 0.497 e. The van der Waals surface area contributed by atoms with Crippen molar-refractivity contribution in [2.45, 2.75) is 51.6 Å². The first kappa shape index (κ1) is 13.4. The van der Waals surface area contributed by atoms with Crippen molar-refractivity contribution in [3.05, 3.63) is 29.8 Å². The molecule has 2 rings (SSSR count). The highest BCUT2D eigenvalue weighted by molar-refractivity contribution is 5.28. The summed E-state index contributed by atoms with van der Waals surface area (Å²) in [4.78, 5) is 0. The van der Waals surface area contributed by atoms with E-state index in [9.17, 15) is 0 Å². The van der Waals surface area contributed by atoms with E-state index in [-0.39, 0.29) is 0 Å². The van der Waals surface area contributed by atoms with Crippen molar-refractivity contribution >= 4 is 0 Å². The van der Waals surface area contributed by atoms with E-state index >= 15 is 0 Å². The standard InChI is InChI=1S/C16H25NO/c1-12-6-4-5-7-16(12)17-13(2)14-8-10-15(18-3)11-9-14/h8-13,16-17H,4-7H2,1-3H3. The Morgan fingerprint density at radius 2 is 1.83 bits per heavy atom. The Morgan fingerprint density at radius 3 is 2.44 bits per heavy atom. The topological polar surface area (TPSA) is 21.3 Å².